The van der Waals surface area contributed by atoms with Crippen LogP contribution in [-0.4, -0.2) is 5.11 Å². The number of aromatic hydroxyl groups is 1. The van der Waals surface area contributed by atoms with Gasteiger partial charge in [-0.25, -0.2) is 0 Å². The van der Waals surface area contributed by atoms with Gasteiger partial charge in [-0.15, -0.1) is 0 Å². The van der Waals surface area contributed by atoms with Crippen molar-refractivity contribution in [2.75, 3.05) is 0 Å². The summed E-state index contributed by atoms with van der Waals surface area (Å²) < 4.78 is 0. The summed E-state index contributed by atoms with van der Waals surface area (Å²) in [7, 11) is 0. The fraction of sp³-hybridized carbons (Fsp3) is 0.300. The number of phenolic OH excluding ortho intramolecular Hbond substituents is 1. The fourth-order valence-electron chi connectivity index (χ4n) is 1.23. The van der Waals surface area contributed by atoms with Crippen molar-refractivity contribution in [2.45, 2.75) is 18.9 Å². The number of nitrogens with zero attached hydrogens (tertiary/aromatic N) is 1. The fourth-order valence-corrected chi connectivity index (χ4v) is 1.62. The molecule has 0 unspecified atom stereocenters. The summed E-state index contributed by atoms with van der Waals surface area (Å²) in [4.78, 5) is 0. The monoisotopic (exact) mass is 210 g/mol. The smallest absolute Gasteiger partial charge is 0.117 e. The zero-order chi connectivity index (χ0) is 10.8. The van der Waals surface area contributed by atoms with Gasteiger partial charge in [-0.2, -0.15) is 5.26 Å². The number of nitriles is 1. The minimum atomic E-state index is -0.778. The largest absolute Gasteiger partial charge is 0.508 e. The molecule has 0 heterocycles. The van der Waals surface area contributed by atoms with E-state index in [2.05, 4.69) is 0 Å². The van der Waals surface area contributed by atoms with Gasteiger partial charge in [-0.1, -0.05) is 17.7 Å². The summed E-state index contributed by atoms with van der Waals surface area (Å²) in [5.41, 5.74) is 5.80. The Balaban J connectivity index is 3.14. The molecule has 0 fully saturated rings. The maximum atomic E-state index is 9.14. The second kappa shape index (κ2) is 3.87. The second-order valence-electron chi connectivity index (χ2n) is 3.42. The van der Waals surface area contributed by atoms with E-state index in [1.165, 1.54) is 12.1 Å². The van der Waals surface area contributed by atoms with E-state index in [-0.39, 0.29) is 12.2 Å². The van der Waals surface area contributed by atoms with E-state index >= 15 is 0 Å². The van der Waals surface area contributed by atoms with E-state index in [1.807, 2.05) is 6.07 Å². The molecule has 0 spiro atoms. The Hall–Kier alpha value is -1.24. The van der Waals surface area contributed by atoms with Crippen LogP contribution >= 0.6 is 11.6 Å². The van der Waals surface area contributed by atoms with E-state index in [0.29, 0.717) is 10.6 Å². The molecule has 1 aromatic carbocycles. The Morgan fingerprint density at radius 1 is 1.64 bits per heavy atom. The molecular formula is C10H11ClN2O. The Morgan fingerprint density at radius 2 is 2.29 bits per heavy atom. The summed E-state index contributed by atoms with van der Waals surface area (Å²) in [5, 5.41) is 18.1. The van der Waals surface area contributed by atoms with Crippen LogP contribution in [0.4, 0.5) is 0 Å². The van der Waals surface area contributed by atoms with Crippen molar-refractivity contribution in [3.8, 4) is 11.8 Å². The molecule has 3 N–H and O–H groups in total. The molecule has 0 aliphatic heterocycles. The van der Waals surface area contributed by atoms with Gasteiger partial charge in [0.05, 0.1) is 18.0 Å². The van der Waals surface area contributed by atoms with Crippen LogP contribution < -0.4 is 5.73 Å². The molecule has 0 amide bonds. The number of phenols is 1. The van der Waals surface area contributed by atoms with Gasteiger partial charge >= 0.3 is 0 Å². The Labute approximate surface area is 87.7 Å². The van der Waals surface area contributed by atoms with Gasteiger partial charge in [0.15, 0.2) is 0 Å². The lowest BCUT2D eigenvalue weighted by Crippen LogP contribution is -2.32. The van der Waals surface area contributed by atoms with Gasteiger partial charge in [-0.3, -0.25) is 0 Å². The predicted octanol–water partition coefficient (Wildman–Crippen LogP) is 2.13. The van der Waals surface area contributed by atoms with Gasteiger partial charge in [0, 0.05) is 5.02 Å². The highest BCUT2D eigenvalue weighted by atomic mass is 35.5. The van der Waals surface area contributed by atoms with E-state index in [4.69, 9.17) is 27.7 Å². The van der Waals surface area contributed by atoms with Gasteiger partial charge < -0.3 is 10.8 Å². The molecule has 1 rings (SSSR count). The van der Waals surface area contributed by atoms with Crippen LogP contribution in [0.2, 0.25) is 5.02 Å². The van der Waals surface area contributed by atoms with Crippen molar-refractivity contribution < 1.29 is 5.11 Å². The number of halogens is 1. The van der Waals surface area contributed by atoms with Crippen LogP contribution in [0.1, 0.15) is 18.9 Å². The molecule has 0 saturated carbocycles. The van der Waals surface area contributed by atoms with E-state index in [9.17, 15) is 0 Å². The zero-order valence-electron chi connectivity index (χ0n) is 7.79. The van der Waals surface area contributed by atoms with Gasteiger partial charge in [-0.05, 0) is 24.6 Å². The van der Waals surface area contributed by atoms with Crippen molar-refractivity contribution in [1.29, 1.82) is 5.26 Å². The first-order valence-corrected chi connectivity index (χ1v) is 4.50. The van der Waals surface area contributed by atoms with Crippen LogP contribution in [0, 0.1) is 11.3 Å². The van der Waals surface area contributed by atoms with Crippen molar-refractivity contribution in [3.05, 3.63) is 28.8 Å². The highest BCUT2D eigenvalue weighted by molar-refractivity contribution is 6.31. The molecule has 0 radical (unpaired) electrons. The van der Waals surface area contributed by atoms with Crippen LogP contribution in [0.5, 0.6) is 5.75 Å². The maximum Gasteiger partial charge on any atom is 0.117 e. The molecule has 0 aliphatic rings. The second-order valence-corrected chi connectivity index (χ2v) is 3.82. The number of benzene rings is 1. The molecule has 1 aromatic rings. The van der Waals surface area contributed by atoms with Crippen molar-refractivity contribution in [1.82, 2.24) is 0 Å². The third-order valence-electron chi connectivity index (χ3n) is 2.01. The molecule has 0 aliphatic carbocycles. The summed E-state index contributed by atoms with van der Waals surface area (Å²) in [5.74, 6) is 0.0894. The maximum absolute atomic E-state index is 9.14. The molecular weight excluding hydrogens is 200 g/mol. The molecule has 0 saturated heterocycles. The first-order chi connectivity index (χ1) is 6.47. The van der Waals surface area contributed by atoms with Crippen molar-refractivity contribution in [3.63, 3.8) is 0 Å². The minimum Gasteiger partial charge on any atom is -0.508 e. The molecule has 0 bridgehead atoms. The quantitative estimate of drug-likeness (QED) is 0.786. The number of rotatable bonds is 2. The first-order valence-electron chi connectivity index (χ1n) is 4.12. The standard InChI is InChI=1S/C10H11ClN2O/c1-10(13,4-5-12)8-3-2-7(14)6-9(8)11/h2-3,6,14H,4,13H2,1H3/t10-/m1/s1. The van der Waals surface area contributed by atoms with Crippen molar-refractivity contribution >= 4 is 11.6 Å². The van der Waals surface area contributed by atoms with E-state index < -0.39 is 5.54 Å². The predicted molar refractivity (Wildman–Crippen MR) is 54.9 cm³/mol. The first kappa shape index (κ1) is 10.8. The minimum absolute atomic E-state index is 0.0894. The van der Waals surface area contributed by atoms with Crippen LogP contribution in [0.3, 0.4) is 0 Å². The van der Waals surface area contributed by atoms with E-state index in [1.54, 1.807) is 13.0 Å². The molecule has 3 nitrogen and oxygen atoms in total. The lowest BCUT2D eigenvalue weighted by molar-refractivity contribution is 0.471. The lowest BCUT2D eigenvalue weighted by Gasteiger charge is -2.23. The van der Waals surface area contributed by atoms with Gasteiger partial charge in [0.25, 0.3) is 0 Å². The highest BCUT2D eigenvalue weighted by Gasteiger charge is 2.23. The van der Waals surface area contributed by atoms with Crippen molar-refractivity contribution in [2.24, 2.45) is 5.73 Å². The number of nitrogens with two attached hydrogens (primary N) is 1. The normalized spacial score (nSPS) is 14.4. The molecule has 1 atom stereocenters. The molecule has 74 valence electrons. The Bertz CT molecular complexity index is 382. The number of hydrogen-bond donors (Lipinski definition) is 2. The van der Waals surface area contributed by atoms with E-state index in [0.717, 1.165) is 0 Å². The van der Waals surface area contributed by atoms with Crippen LogP contribution in [0.15, 0.2) is 18.2 Å². The summed E-state index contributed by atoms with van der Waals surface area (Å²) in [6.45, 7) is 1.73. The molecule has 0 aromatic heterocycles. The third-order valence-corrected chi connectivity index (χ3v) is 2.33. The Morgan fingerprint density at radius 3 is 2.79 bits per heavy atom. The number of hydrogen-bond acceptors (Lipinski definition) is 3. The van der Waals surface area contributed by atoms with Gasteiger partial charge in [0.2, 0.25) is 0 Å². The average Bonchev–Trinajstić information content (AvgIpc) is 2.02. The van der Waals surface area contributed by atoms with Crippen LogP contribution in [-0.2, 0) is 5.54 Å². The lowest BCUT2D eigenvalue weighted by atomic mass is 9.90. The molecule has 4 heteroatoms. The third kappa shape index (κ3) is 2.16. The summed E-state index contributed by atoms with van der Waals surface area (Å²) in [6, 6.07) is 6.56. The topological polar surface area (TPSA) is 70.0 Å². The summed E-state index contributed by atoms with van der Waals surface area (Å²) in [6.07, 6.45) is 0.178. The van der Waals surface area contributed by atoms with Crippen LogP contribution in [0.25, 0.3) is 0 Å². The summed E-state index contributed by atoms with van der Waals surface area (Å²) >= 11 is 5.90. The zero-order valence-corrected chi connectivity index (χ0v) is 8.54. The molecule has 14 heavy (non-hydrogen) atoms. The average molecular weight is 211 g/mol. The van der Waals surface area contributed by atoms with Gasteiger partial charge in [0.1, 0.15) is 5.75 Å². The Kier molecular flexibility index (Phi) is 3.00. The SMILES string of the molecule is C[C@@](N)(CC#N)c1ccc(O)cc1Cl. The highest BCUT2D eigenvalue weighted by Crippen LogP contribution is 2.30.